The Morgan fingerprint density at radius 3 is 2.65 bits per heavy atom. The molecule has 5 heteroatoms. The molecule has 0 spiro atoms. The first kappa shape index (κ1) is 16.4. The molecule has 0 atom stereocenters. The van der Waals surface area contributed by atoms with E-state index in [1.807, 2.05) is 19.9 Å². The quantitative estimate of drug-likeness (QED) is 0.591. The number of carbonyl (C=O) groups excluding carboxylic acids is 2. The molecule has 0 aliphatic heterocycles. The summed E-state index contributed by atoms with van der Waals surface area (Å²) in [7, 11) is 0. The van der Waals surface area contributed by atoms with Crippen molar-refractivity contribution in [3.8, 4) is 0 Å². The van der Waals surface area contributed by atoms with E-state index >= 15 is 0 Å². The van der Waals surface area contributed by atoms with Gasteiger partial charge in [-0.15, -0.1) is 0 Å². The van der Waals surface area contributed by atoms with Gasteiger partial charge in [0.25, 0.3) is 5.91 Å². The van der Waals surface area contributed by atoms with Crippen LogP contribution < -0.4 is 0 Å². The fourth-order valence-electron chi connectivity index (χ4n) is 1.62. The lowest BCUT2D eigenvalue weighted by molar-refractivity contribution is -0.133. The number of benzene rings is 1. The summed E-state index contributed by atoms with van der Waals surface area (Å²) in [4.78, 5) is 25.3. The van der Waals surface area contributed by atoms with Crippen LogP contribution in [0.15, 0.2) is 40.9 Å². The summed E-state index contributed by atoms with van der Waals surface area (Å²) in [5.74, 6) is -0.732. The lowest BCUT2D eigenvalue weighted by atomic mass is 10.2. The van der Waals surface area contributed by atoms with Crippen LogP contribution in [0.4, 0.5) is 0 Å². The molecule has 0 radical (unpaired) electrons. The summed E-state index contributed by atoms with van der Waals surface area (Å²) < 4.78 is 5.82. The standard InChI is InChI=1S/C15H18BrNO3/c1-4-17(9-11(2)3)14(18)10-20-15(19)12-6-5-7-13(16)8-12/h5-8H,2,4,9-10H2,1,3H3. The minimum absolute atomic E-state index is 0.223. The number of halogens is 1. The van der Waals surface area contributed by atoms with Gasteiger partial charge in [0.05, 0.1) is 5.56 Å². The zero-order valence-electron chi connectivity index (χ0n) is 11.7. The lowest BCUT2D eigenvalue weighted by Crippen LogP contribution is -2.35. The number of esters is 1. The number of carbonyl (C=O) groups is 2. The number of hydrogen-bond donors (Lipinski definition) is 0. The molecule has 0 aromatic heterocycles. The van der Waals surface area contributed by atoms with E-state index in [-0.39, 0.29) is 12.5 Å². The van der Waals surface area contributed by atoms with E-state index in [0.29, 0.717) is 18.7 Å². The molecular formula is C15H18BrNO3. The second-order valence-corrected chi connectivity index (χ2v) is 5.37. The average Bonchev–Trinajstić information content (AvgIpc) is 2.41. The Labute approximate surface area is 127 Å². The number of rotatable bonds is 6. The summed E-state index contributed by atoms with van der Waals surface area (Å²) >= 11 is 3.28. The highest BCUT2D eigenvalue weighted by atomic mass is 79.9. The molecule has 0 fully saturated rings. The molecule has 0 N–H and O–H groups in total. The molecular weight excluding hydrogens is 322 g/mol. The van der Waals surface area contributed by atoms with E-state index in [9.17, 15) is 9.59 Å². The fraction of sp³-hybridized carbons (Fsp3) is 0.333. The van der Waals surface area contributed by atoms with Crippen molar-refractivity contribution >= 4 is 27.8 Å². The summed E-state index contributed by atoms with van der Waals surface area (Å²) in [6.07, 6.45) is 0. The number of hydrogen-bond acceptors (Lipinski definition) is 3. The molecule has 1 aromatic carbocycles. The van der Waals surface area contributed by atoms with Gasteiger partial charge in [-0.25, -0.2) is 4.79 Å². The second-order valence-electron chi connectivity index (χ2n) is 4.45. The zero-order valence-corrected chi connectivity index (χ0v) is 13.3. The van der Waals surface area contributed by atoms with Crippen LogP contribution in [0.1, 0.15) is 24.2 Å². The molecule has 0 saturated carbocycles. The van der Waals surface area contributed by atoms with Gasteiger partial charge in [-0.05, 0) is 32.0 Å². The first-order valence-electron chi connectivity index (χ1n) is 6.29. The van der Waals surface area contributed by atoms with Crippen molar-refractivity contribution in [2.24, 2.45) is 0 Å². The molecule has 4 nitrogen and oxygen atoms in total. The third-order valence-corrected chi connectivity index (χ3v) is 3.08. The molecule has 1 amide bonds. The van der Waals surface area contributed by atoms with Crippen molar-refractivity contribution in [2.75, 3.05) is 19.7 Å². The Morgan fingerprint density at radius 2 is 2.10 bits per heavy atom. The van der Waals surface area contributed by atoms with Crippen molar-refractivity contribution in [3.63, 3.8) is 0 Å². The first-order chi connectivity index (χ1) is 9.43. The first-order valence-corrected chi connectivity index (χ1v) is 7.08. The molecule has 108 valence electrons. The highest BCUT2D eigenvalue weighted by molar-refractivity contribution is 9.10. The maximum absolute atomic E-state index is 11.9. The monoisotopic (exact) mass is 339 g/mol. The Morgan fingerprint density at radius 1 is 1.40 bits per heavy atom. The average molecular weight is 340 g/mol. The van der Waals surface area contributed by atoms with E-state index in [4.69, 9.17) is 4.74 Å². The van der Waals surface area contributed by atoms with Gasteiger partial charge in [-0.2, -0.15) is 0 Å². The Bertz CT molecular complexity index is 514. The van der Waals surface area contributed by atoms with Crippen LogP contribution in [0.25, 0.3) is 0 Å². The summed E-state index contributed by atoms with van der Waals surface area (Å²) in [5, 5.41) is 0. The normalized spacial score (nSPS) is 9.95. The van der Waals surface area contributed by atoms with Gasteiger partial charge in [0.1, 0.15) is 0 Å². The molecule has 0 aliphatic carbocycles. The van der Waals surface area contributed by atoms with Gasteiger partial charge < -0.3 is 9.64 Å². The minimum atomic E-state index is -0.508. The van der Waals surface area contributed by atoms with E-state index in [0.717, 1.165) is 10.0 Å². The second kappa shape index (κ2) is 7.85. The predicted molar refractivity (Wildman–Crippen MR) is 81.5 cm³/mol. The Kier molecular flexibility index (Phi) is 6.45. The highest BCUT2D eigenvalue weighted by Crippen LogP contribution is 2.12. The number of amides is 1. The zero-order chi connectivity index (χ0) is 15.1. The van der Waals surface area contributed by atoms with Crippen LogP contribution in [0.2, 0.25) is 0 Å². The molecule has 0 aliphatic rings. The van der Waals surface area contributed by atoms with Gasteiger partial charge in [0, 0.05) is 17.6 Å². The molecule has 20 heavy (non-hydrogen) atoms. The van der Waals surface area contributed by atoms with Gasteiger partial charge >= 0.3 is 5.97 Å². The fourth-order valence-corrected chi connectivity index (χ4v) is 2.02. The van der Waals surface area contributed by atoms with E-state index in [1.165, 1.54) is 0 Å². The molecule has 0 bridgehead atoms. The SMILES string of the molecule is C=C(C)CN(CC)C(=O)COC(=O)c1cccc(Br)c1. The van der Waals surface area contributed by atoms with Crippen LogP contribution in [0.3, 0.4) is 0 Å². The molecule has 0 saturated heterocycles. The summed E-state index contributed by atoms with van der Waals surface area (Å²) in [5.41, 5.74) is 1.30. The summed E-state index contributed by atoms with van der Waals surface area (Å²) in [6.45, 7) is 8.27. The van der Waals surface area contributed by atoms with Crippen molar-refractivity contribution in [1.82, 2.24) is 4.90 Å². The van der Waals surface area contributed by atoms with E-state index in [2.05, 4.69) is 22.5 Å². The molecule has 1 rings (SSSR count). The van der Waals surface area contributed by atoms with Gasteiger partial charge in [0.15, 0.2) is 6.61 Å². The topological polar surface area (TPSA) is 46.6 Å². The predicted octanol–water partition coefficient (Wildman–Crippen LogP) is 3.03. The largest absolute Gasteiger partial charge is 0.452 e. The van der Waals surface area contributed by atoms with E-state index < -0.39 is 5.97 Å². The number of likely N-dealkylation sites (N-methyl/N-ethyl adjacent to an activating group) is 1. The highest BCUT2D eigenvalue weighted by Gasteiger charge is 2.15. The van der Waals surface area contributed by atoms with Crippen molar-refractivity contribution in [1.29, 1.82) is 0 Å². The van der Waals surface area contributed by atoms with Gasteiger partial charge in [-0.3, -0.25) is 4.79 Å². The minimum Gasteiger partial charge on any atom is -0.452 e. The van der Waals surface area contributed by atoms with Crippen molar-refractivity contribution in [2.45, 2.75) is 13.8 Å². The van der Waals surface area contributed by atoms with Crippen LogP contribution in [-0.4, -0.2) is 36.5 Å². The Hall–Kier alpha value is -1.62. The van der Waals surface area contributed by atoms with Gasteiger partial charge in [-0.1, -0.05) is 34.1 Å². The molecule has 0 heterocycles. The van der Waals surface area contributed by atoms with Crippen LogP contribution in [-0.2, 0) is 9.53 Å². The number of ether oxygens (including phenoxy) is 1. The van der Waals surface area contributed by atoms with Crippen LogP contribution in [0, 0.1) is 0 Å². The smallest absolute Gasteiger partial charge is 0.338 e. The maximum Gasteiger partial charge on any atom is 0.338 e. The summed E-state index contributed by atoms with van der Waals surface area (Å²) in [6, 6.07) is 6.84. The van der Waals surface area contributed by atoms with Gasteiger partial charge in [0.2, 0.25) is 0 Å². The third kappa shape index (κ3) is 5.17. The molecule has 1 aromatic rings. The third-order valence-electron chi connectivity index (χ3n) is 2.58. The van der Waals surface area contributed by atoms with Crippen molar-refractivity contribution in [3.05, 3.63) is 46.5 Å². The van der Waals surface area contributed by atoms with Crippen LogP contribution in [0.5, 0.6) is 0 Å². The molecule has 0 unspecified atom stereocenters. The van der Waals surface area contributed by atoms with E-state index in [1.54, 1.807) is 23.1 Å². The Balaban J connectivity index is 2.55. The number of nitrogens with zero attached hydrogens (tertiary/aromatic N) is 1. The lowest BCUT2D eigenvalue weighted by Gasteiger charge is -2.20. The maximum atomic E-state index is 11.9. The van der Waals surface area contributed by atoms with Crippen LogP contribution >= 0.6 is 15.9 Å². The van der Waals surface area contributed by atoms with Crippen molar-refractivity contribution < 1.29 is 14.3 Å².